The first kappa shape index (κ1) is 11.2. The zero-order chi connectivity index (χ0) is 9.80. The third-order valence-electron chi connectivity index (χ3n) is 3.36. The van der Waals surface area contributed by atoms with Gasteiger partial charge in [0.1, 0.15) is 0 Å². The first-order valence-corrected chi connectivity index (χ1v) is 7.77. The van der Waals surface area contributed by atoms with E-state index in [1.54, 1.807) is 0 Å². The summed E-state index contributed by atoms with van der Waals surface area (Å²) >= 11 is 3.99. The monoisotopic (exact) mass is 232 g/mol. The molecule has 0 bridgehead atoms. The van der Waals surface area contributed by atoms with Crippen LogP contribution in [0.3, 0.4) is 0 Å². The Morgan fingerprint density at radius 1 is 1.07 bits per heavy atom. The summed E-state index contributed by atoms with van der Waals surface area (Å²) in [4.78, 5) is 0. The van der Waals surface area contributed by atoms with Crippen molar-refractivity contribution in [3.8, 4) is 0 Å². The van der Waals surface area contributed by atoms with Crippen molar-refractivity contribution in [2.75, 3.05) is 12.4 Å². The maximum atomic E-state index is 9.17. The predicted molar refractivity (Wildman–Crippen MR) is 65.9 cm³/mol. The smallest absolute Gasteiger partial charge is 0.0735 e. The van der Waals surface area contributed by atoms with E-state index in [2.05, 4.69) is 11.8 Å². The number of hydrogen-bond acceptors (Lipinski definition) is 3. The molecule has 1 nitrogen and oxygen atoms in total. The molecule has 2 unspecified atom stereocenters. The van der Waals surface area contributed by atoms with Gasteiger partial charge in [0.2, 0.25) is 0 Å². The van der Waals surface area contributed by atoms with Gasteiger partial charge in [0.05, 0.1) is 11.2 Å². The molecule has 0 spiro atoms. The molecule has 1 heterocycles. The molecule has 1 N–H and O–H groups in total. The molecule has 1 aliphatic heterocycles. The van der Waals surface area contributed by atoms with Crippen LogP contribution >= 0.6 is 23.5 Å². The first-order chi connectivity index (χ1) is 6.90. The molecule has 0 aromatic carbocycles. The summed E-state index contributed by atoms with van der Waals surface area (Å²) in [5.74, 6) is 2.23. The summed E-state index contributed by atoms with van der Waals surface area (Å²) < 4.78 is 0.468. The van der Waals surface area contributed by atoms with Crippen molar-refractivity contribution in [3.63, 3.8) is 0 Å². The molecule has 1 saturated heterocycles. The third-order valence-corrected chi connectivity index (χ3v) is 6.51. The molecule has 3 heteroatoms. The Balaban J connectivity index is 1.83. The van der Waals surface area contributed by atoms with Crippen LogP contribution in [-0.2, 0) is 0 Å². The fraction of sp³-hybridized carbons (Fsp3) is 1.00. The van der Waals surface area contributed by atoms with Crippen LogP contribution < -0.4 is 0 Å². The van der Waals surface area contributed by atoms with Crippen LogP contribution in [0.5, 0.6) is 0 Å². The Hall–Kier alpha value is 0.660. The Morgan fingerprint density at radius 3 is 2.57 bits per heavy atom. The van der Waals surface area contributed by atoms with Crippen molar-refractivity contribution in [3.05, 3.63) is 0 Å². The first-order valence-electron chi connectivity index (χ1n) is 5.78. The normalized spacial score (nSPS) is 35.8. The van der Waals surface area contributed by atoms with Crippen LogP contribution in [0.25, 0.3) is 0 Å². The van der Waals surface area contributed by atoms with Crippen LogP contribution in [0.4, 0.5) is 0 Å². The molecule has 2 fully saturated rings. The minimum Gasteiger partial charge on any atom is -0.394 e. The zero-order valence-electron chi connectivity index (χ0n) is 8.65. The molecular weight excluding hydrogens is 212 g/mol. The second kappa shape index (κ2) is 5.66. The minimum absolute atomic E-state index is 0.360. The molecule has 14 heavy (non-hydrogen) atoms. The van der Waals surface area contributed by atoms with E-state index in [1.165, 1.54) is 44.3 Å². The summed E-state index contributed by atoms with van der Waals surface area (Å²) in [6, 6.07) is 0. The largest absolute Gasteiger partial charge is 0.394 e. The second-order valence-electron chi connectivity index (χ2n) is 4.34. The van der Waals surface area contributed by atoms with Crippen molar-refractivity contribution in [2.24, 2.45) is 5.92 Å². The van der Waals surface area contributed by atoms with Gasteiger partial charge in [-0.2, -0.15) is 0 Å². The number of thioether (sulfide) groups is 2. The van der Waals surface area contributed by atoms with Crippen molar-refractivity contribution in [2.45, 2.75) is 48.4 Å². The van der Waals surface area contributed by atoms with Crippen LogP contribution in [0, 0.1) is 5.92 Å². The Morgan fingerprint density at radius 2 is 1.86 bits per heavy atom. The fourth-order valence-electron chi connectivity index (χ4n) is 2.57. The lowest BCUT2D eigenvalue weighted by Crippen LogP contribution is -2.27. The molecule has 2 atom stereocenters. The van der Waals surface area contributed by atoms with Gasteiger partial charge in [-0.05, 0) is 30.9 Å². The van der Waals surface area contributed by atoms with Gasteiger partial charge in [0.15, 0.2) is 0 Å². The van der Waals surface area contributed by atoms with Crippen molar-refractivity contribution in [1.29, 1.82) is 0 Å². The average molecular weight is 232 g/mol. The van der Waals surface area contributed by atoms with Gasteiger partial charge in [0.25, 0.3) is 0 Å². The fourth-order valence-corrected chi connectivity index (χ4v) is 5.73. The SMILES string of the molecule is OCC1SCCC(C2CCCCC2)S1. The molecule has 0 radical (unpaired) electrons. The van der Waals surface area contributed by atoms with Crippen LogP contribution in [0.15, 0.2) is 0 Å². The minimum atomic E-state index is 0.360. The Bertz CT molecular complexity index is 169. The maximum absolute atomic E-state index is 9.17. The zero-order valence-corrected chi connectivity index (χ0v) is 10.3. The molecule has 0 amide bonds. The summed E-state index contributed by atoms with van der Waals surface area (Å²) in [6.45, 7) is 0.360. The Kier molecular flexibility index (Phi) is 4.51. The molecule has 2 aliphatic rings. The predicted octanol–water partition coefficient (Wildman–Crippen LogP) is 3.12. The molecule has 1 saturated carbocycles. The summed E-state index contributed by atoms with van der Waals surface area (Å²) in [5.41, 5.74) is 0. The van der Waals surface area contributed by atoms with Gasteiger partial charge in [0, 0.05) is 5.25 Å². The highest BCUT2D eigenvalue weighted by Gasteiger charge is 2.29. The number of aliphatic hydroxyl groups is 1. The Labute approximate surface area is 95.4 Å². The highest BCUT2D eigenvalue weighted by atomic mass is 32.2. The topological polar surface area (TPSA) is 20.2 Å². The van der Waals surface area contributed by atoms with E-state index in [-0.39, 0.29) is 0 Å². The lowest BCUT2D eigenvalue weighted by molar-refractivity contribution is 0.312. The van der Waals surface area contributed by atoms with E-state index >= 15 is 0 Å². The second-order valence-corrected chi connectivity index (χ2v) is 7.40. The number of aliphatic hydroxyl groups excluding tert-OH is 1. The lowest BCUT2D eigenvalue weighted by atomic mass is 9.86. The van der Waals surface area contributed by atoms with Crippen molar-refractivity contribution < 1.29 is 5.11 Å². The number of hydrogen-bond donors (Lipinski definition) is 1. The van der Waals surface area contributed by atoms with E-state index in [1.807, 2.05) is 11.8 Å². The van der Waals surface area contributed by atoms with E-state index in [9.17, 15) is 0 Å². The van der Waals surface area contributed by atoms with Gasteiger partial charge in [-0.25, -0.2) is 0 Å². The average Bonchev–Trinajstić information content (AvgIpc) is 2.30. The lowest BCUT2D eigenvalue weighted by Gasteiger charge is -2.35. The summed E-state index contributed by atoms with van der Waals surface area (Å²) in [5, 5.41) is 10.0. The molecule has 82 valence electrons. The molecular formula is C11H20OS2. The summed E-state index contributed by atoms with van der Waals surface area (Å²) in [6.07, 6.45) is 8.60. The van der Waals surface area contributed by atoms with E-state index < -0.39 is 0 Å². The van der Waals surface area contributed by atoms with Crippen LogP contribution in [-0.4, -0.2) is 27.3 Å². The maximum Gasteiger partial charge on any atom is 0.0735 e. The van der Waals surface area contributed by atoms with E-state index in [0.717, 1.165) is 11.2 Å². The van der Waals surface area contributed by atoms with Crippen LogP contribution in [0.1, 0.15) is 38.5 Å². The molecule has 0 aromatic rings. The number of rotatable bonds is 2. The standard InChI is InChI=1S/C11H20OS2/c12-8-11-13-7-6-10(14-11)9-4-2-1-3-5-9/h9-12H,1-8H2. The van der Waals surface area contributed by atoms with Gasteiger partial charge < -0.3 is 5.11 Å². The highest BCUT2D eigenvalue weighted by molar-refractivity contribution is 8.17. The third kappa shape index (κ3) is 2.83. The quantitative estimate of drug-likeness (QED) is 0.790. The summed E-state index contributed by atoms with van der Waals surface area (Å²) in [7, 11) is 0. The molecule has 0 aromatic heterocycles. The molecule has 2 rings (SSSR count). The van der Waals surface area contributed by atoms with Gasteiger partial charge in [-0.15, -0.1) is 23.5 Å². The van der Waals surface area contributed by atoms with Gasteiger partial charge in [-0.3, -0.25) is 0 Å². The van der Waals surface area contributed by atoms with Crippen molar-refractivity contribution >= 4 is 23.5 Å². The van der Waals surface area contributed by atoms with Gasteiger partial charge in [-0.1, -0.05) is 19.3 Å². The van der Waals surface area contributed by atoms with E-state index in [4.69, 9.17) is 5.11 Å². The van der Waals surface area contributed by atoms with E-state index in [0.29, 0.717) is 11.2 Å². The van der Waals surface area contributed by atoms with Crippen LogP contribution in [0.2, 0.25) is 0 Å². The van der Waals surface area contributed by atoms with Gasteiger partial charge >= 0.3 is 0 Å². The van der Waals surface area contributed by atoms with Crippen molar-refractivity contribution in [1.82, 2.24) is 0 Å². The molecule has 1 aliphatic carbocycles. The highest BCUT2D eigenvalue weighted by Crippen LogP contribution is 2.43.